The molecule has 0 aliphatic carbocycles. The Balaban J connectivity index is 0.00000289. The van der Waals surface area contributed by atoms with E-state index in [-0.39, 0.29) is 30.9 Å². The molecule has 0 atom stereocenters. The van der Waals surface area contributed by atoms with Gasteiger partial charge in [0.2, 0.25) is 0 Å². The van der Waals surface area contributed by atoms with E-state index in [1.54, 1.807) is 0 Å². The van der Waals surface area contributed by atoms with Crippen LogP contribution in [0.25, 0.3) is 22.5 Å². The Morgan fingerprint density at radius 3 is 1.97 bits per heavy atom. The van der Waals surface area contributed by atoms with E-state index in [1.165, 1.54) is 44.8 Å². The minimum Gasteiger partial charge on any atom is -0.499 e. The fourth-order valence-corrected chi connectivity index (χ4v) is 4.94. The van der Waals surface area contributed by atoms with E-state index in [2.05, 4.69) is 139 Å². The molecule has 0 saturated carbocycles. The summed E-state index contributed by atoms with van der Waals surface area (Å²) < 4.78 is 0. The minimum absolute atomic E-state index is 0. The van der Waals surface area contributed by atoms with Crippen LogP contribution < -0.4 is 4.90 Å². The largest absolute Gasteiger partial charge is 0.499 e. The van der Waals surface area contributed by atoms with Crippen LogP contribution in [-0.4, -0.2) is 10.9 Å². The normalized spacial score (nSPS) is 15.1. The van der Waals surface area contributed by atoms with Crippen LogP contribution in [0.2, 0.25) is 0 Å². The van der Waals surface area contributed by atoms with Crippen molar-refractivity contribution in [3.63, 3.8) is 0 Å². The molecule has 35 heavy (non-hydrogen) atoms. The van der Waals surface area contributed by atoms with Crippen LogP contribution in [0.3, 0.4) is 0 Å². The summed E-state index contributed by atoms with van der Waals surface area (Å²) in [5.41, 5.74) is 11.6. The van der Waals surface area contributed by atoms with Crippen molar-refractivity contribution in [2.45, 2.75) is 72.3 Å². The molecule has 2 nitrogen and oxygen atoms in total. The molecule has 0 spiro atoms. The Morgan fingerprint density at radius 2 is 1.37 bits per heavy atom. The molecule has 1 radical (unpaired) electrons. The fraction of sp³-hybridized carbons (Fsp3) is 0.344. The molecule has 0 unspecified atom stereocenters. The average Bonchev–Trinajstić information content (AvgIpc) is 3.19. The van der Waals surface area contributed by atoms with Crippen LogP contribution in [0.4, 0.5) is 5.69 Å². The first-order chi connectivity index (χ1) is 16.0. The van der Waals surface area contributed by atoms with E-state index in [1.807, 2.05) is 0 Å². The maximum Gasteiger partial charge on any atom is 0.0402 e. The van der Waals surface area contributed by atoms with Gasteiger partial charge in [-0.15, -0.1) is 11.1 Å². The second kappa shape index (κ2) is 8.95. The zero-order chi connectivity index (χ0) is 24.4. The van der Waals surface area contributed by atoms with Gasteiger partial charge in [-0.1, -0.05) is 107 Å². The molecule has 0 bridgehead atoms. The third-order valence-corrected chi connectivity index (χ3v) is 7.02. The summed E-state index contributed by atoms with van der Waals surface area (Å²) in [7, 11) is 0. The Bertz CT molecular complexity index is 1270. The van der Waals surface area contributed by atoms with Crippen LogP contribution in [0.1, 0.15) is 77.6 Å². The van der Waals surface area contributed by atoms with E-state index < -0.39 is 0 Å². The van der Waals surface area contributed by atoms with Crippen molar-refractivity contribution < 1.29 is 20.1 Å². The predicted octanol–water partition coefficient (Wildman–Crippen LogP) is 8.24. The molecule has 3 heteroatoms. The van der Waals surface area contributed by atoms with Crippen molar-refractivity contribution >= 4 is 17.1 Å². The Labute approximate surface area is 225 Å². The van der Waals surface area contributed by atoms with Crippen molar-refractivity contribution in [1.29, 1.82) is 0 Å². The Hall–Kier alpha value is -2.35. The molecule has 0 aromatic heterocycles. The summed E-state index contributed by atoms with van der Waals surface area (Å²) in [5.74, 6) is 0. The molecule has 2 heterocycles. The van der Waals surface area contributed by atoms with Gasteiger partial charge in [0.25, 0.3) is 0 Å². The van der Waals surface area contributed by atoms with Gasteiger partial charge < -0.3 is 9.80 Å². The first-order valence-electron chi connectivity index (χ1n) is 12.4. The molecule has 0 amide bonds. The first kappa shape index (κ1) is 25.7. The zero-order valence-electron chi connectivity index (χ0n) is 22.2. The zero-order valence-corrected chi connectivity index (χ0v) is 24.6. The van der Waals surface area contributed by atoms with Gasteiger partial charge in [0.15, 0.2) is 0 Å². The van der Waals surface area contributed by atoms with E-state index >= 15 is 0 Å². The summed E-state index contributed by atoms with van der Waals surface area (Å²) in [6.07, 6.45) is 0. The number of hydrogen-bond donors (Lipinski definition) is 0. The van der Waals surface area contributed by atoms with Crippen molar-refractivity contribution in [2.75, 3.05) is 4.90 Å². The number of nitrogens with zero attached hydrogens (tertiary/aromatic N) is 2. The van der Waals surface area contributed by atoms with E-state index in [9.17, 15) is 0 Å². The first-order valence-corrected chi connectivity index (χ1v) is 12.4. The van der Waals surface area contributed by atoms with Gasteiger partial charge in [-0.3, -0.25) is 0 Å². The summed E-state index contributed by atoms with van der Waals surface area (Å²) in [5, 5.41) is 0. The van der Waals surface area contributed by atoms with Crippen LogP contribution in [-0.2, 0) is 30.9 Å². The maximum absolute atomic E-state index is 3.70. The molecule has 0 N–H and O–H groups in total. The van der Waals surface area contributed by atoms with Gasteiger partial charge in [-0.2, -0.15) is 24.9 Å². The molecule has 2 aliphatic heterocycles. The quantitative estimate of drug-likeness (QED) is 0.261. The van der Waals surface area contributed by atoms with Gasteiger partial charge in [-0.25, -0.2) is 0 Å². The van der Waals surface area contributed by atoms with E-state index in [0.29, 0.717) is 6.04 Å². The van der Waals surface area contributed by atoms with E-state index in [0.717, 1.165) is 5.69 Å². The van der Waals surface area contributed by atoms with Crippen LogP contribution in [0.15, 0.2) is 60.7 Å². The standard InChI is InChI=1S/C32H36N2.Ir/c1-21(2)33-20-34-28-17-15-24(32(6,7)8)19-27(28)26-18-23(31(3,4)5)14-16-25(26)30(34)29(33)22-12-10-9-11-13-22;/h9-16,18-21H,1-8H3;/q-2;. The van der Waals surface area contributed by atoms with Gasteiger partial charge in [0.05, 0.1) is 0 Å². The van der Waals surface area contributed by atoms with Crippen molar-refractivity contribution in [1.82, 2.24) is 4.90 Å². The maximum atomic E-state index is 3.70. The third-order valence-electron chi connectivity index (χ3n) is 7.02. The molecule has 5 rings (SSSR count). The van der Waals surface area contributed by atoms with Crippen LogP contribution >= 0.6 is 0 Å². The number of fused-ring (bicyclic) bond motifs is 6. The van der Waals surface area contributed by atoms with Gasteiger partial charge in [0, 0.05) is 31.5 Å². The van der Waals surface area contributed by atoms with Crippen molar-refractivity contribution in [3.8, 4) is 11.1 Å². The number of rotatable bonds is 2. The predicted molar refractivity (Wildman–Crippen MR) is 145 cm³/mol. The number of hydrogen-bond acceptors (Lipinski definition) is 2. The number of benzene rings is 3. The van der Waals surface area contributed by atoms with E-state index in [4.69, 9.17) is 0 Å². The Kier molecular flexibility index (Phi) is 6.58. The molecular formula is C32H36IrN2-2. The molecular weight excluding hydrogens is 605 g/mol. The van der Waals surface area contributed by atoms with Crippen LogP contribution in [0, 0.1) is 12.7 Å². The Morgan fingerprint density at radius 1 is 0.743 bits per heavy atom. The van der Waals surface area contributed by atoms with Gasteiger partial charge >= 0.3 is 0 Å². The molecule has 0 saturated heterocycles. The van der Waals surface area contributed by atoms with Crippen LogP contribution in [0.5, 0.6) is 0 Å². The summed E-state index contributed by atoms with van der Waals surface area (Å²) in [4.78, 5) is 4.77. The second-order valence-corrected chi connectivity index (χ2v) is 12.0. The second-order valence-electron chi connectivity index (χ2n) is 12.0. The SMILES string of the molecule is CC(C)N1[CH-]N2C(=C1c1ccccc1)c1ccc(C(C)(C)C)cc1-c1cc(C(C)(C)C)c[c-]c12.[Ir]. The average molecular weight is 641 g/mol. The van der Waals surface area contributed by atoms with Gasteiger partial charge in [0.1, 0.15) is 0 Å². The fourth-order valence-electron chi connectivity index (χ4n) is 4.94. The molecule has 3 aromatic rings. The smallest absolute Gasteiger partial charge is 0.0402 e. The molecule has 185 valence electrons. The van der Waals surface area contributed by atoms with Crippen molar-refractivity contribution in [3.05, 3.63) is 95.7 Å². The summed E-state index contributed by atoms with van der Waals surface area (Å²) in [6.45, 7) is 20.5. The molecule has 2 aliphatic rings. The van der Waals surface area contributed by atoms with Crippen molar-refractivity contribution in [2.24, 2.45) is 0 Å². The summed E-state index contributed by atoms with van der Waals surface area (Å²) in [6, 6.07) is 26.5. The molecule has 0 fully saturated rings. The van der Waals surface area contributed by atoms with Gasteiger partial charge in [-0.05, 0) is 42.0 Å². The monoisotopic (exact) mass is 641 g/mol. The third kappa shape index (κ3) is 4.39. The molecule has 3 aromatic carbocycles. The minimum atomic E-state index is 0. The topological polar surface area (TPSA) is 6.48 Å². The number of anilines is 1. The summed E-state index contributed by atoms with van der Waals surface area (Å²) >= 11 is 0.